The number of anilines is 1. The van der Waals surface area contributed by atoms with Crippen molar-refractivity contribution >= 4 is 40.0 Å². The van der Waals surface area contributed by atoms with Crippen molar-refractivity contribution < 1.29 is 69.4 Å². The molecule has 0 amide bonds. The first-order valence-corrected chi connectivity index (χ1v) is 15.9. The van der Waals surface area contributed by atoms with Crippen LogP contribution in [0.2, 0.25) is 0 Å². The summed E-state index contributed by atoms with van der Waals surface area (Å²) < 4.78 is 22.2. The summed E-state index contributed by atoms with van der Waals surface area (Å²) in [5.74, 6) is -1.25. The third kappa shape index (κ3) is 7.12. The van der Waals surface area contributed by atoms with Gasteiger partial charge in [0.25, 0.3) is 0 Å². The van der Waals surface area contributed by atoms with Crippen LogP contribution in [0, 0.1) is 0 Å². The number of phenols is 1. The minimum atomic E-state index is -1.84. The Morgan fingerprint density at radius 3 is 2.16 bits per heavy atom. The minimum Gasteiger partial charge on any atom is -0.508 e. The van der Waals surface area contributed by atoms with Gasteiger partial charge in [-0.2, -0.15) is 0 Å². The molecule has 17 nitrogen and oxygen atoms in total. The number of thiocarbonyl (C=S) groups is 1. The number of aliphatic hydroxyl groups excluding tert-OH is 7. The molecule has 2 saturated heterocycles. The summed E-state index contributed by atoms with van der Waals surface area (Å²) in [6, 6.07) is 11.3. The lowest BCUT2D eigenvalue weighted by Crippen LogP contribution is -2.67. The van der Waals surface area contributed by atoms with Crippen LogP contribution in [0.3, 0.4) is 0 Å². The number of benzene rings is 3. The Balaban J connectivity index is 1.25. The molecule has 0 unspecified atom stereocenters. The number of hydrogen-bond donors (Lipinski definition) is 11. The van der Waals surface area contributed by atoms with E-state index in [4.69, 9.17) is 30.8 Å². The van der Waals surface area contributed by atoms with Crippen LogP contribution in [0.25, 0.3) is 33.4 Å². The number of carbonyl (C=O) groups is 1. The molecule has 0 spiro atoms. The zero-order chi connectivity index (χ0) is 36.7. The monoisotopic (exact) mass is 730 g/mol. The fourth-order valence-corrected chi connectivity index (χ4v) is 6.42. The SMILES string of the molecule is O=C(O)c1cc(NC(=S)N[C@@H]2[C@@H](O)[C@@H](O[C@H]3O[C@H](CO)[C@@H](O)[C@H](O)[C@H]3O)O[C@H](CO)[C@H]2O)ccc1-c1c2ccc(=O)cc-2oc2cc(O)ccc12. The molecule has 2 fully saturated rings. The van der Waals surface area contributed by atoms with Gasteiger partial charge >= 0.3 is 5.97 Å². The third-order valence-electron chi connectivity index (χ3n) is 8.75. The molecule has 0 bridgehead atoms. The molecule has 3 aliphatic heterocycles. The number of rotatable bonds is 8. The van der Waals surface area contributed by atoms with Gasteiger partial charge in [-0.15, -0.1) is 0 Å². The summed E-state index contributed by atoms with van der Waals surface area (Å²) in [5.41, 5.74) is 0.959. The van der Waals surface area contributed by atoms with Crippen LogP contribution < -0.4 is 16.1 Å². The van der Waals surface area contributed by atoms with Gasteiger partial charge in [-0.3, -0.25) is 4.79 Å². The maximum Gasteiger partial charge on any atom is 0.336 e. The molecule has 272 valence electrons. The van der Waals surface area contributed by atoms with E-state index in [1.807, 2.05) is 0 Å². The van der Waals surface area contributed by atoms with Gasteiger partial charge in [0.15, 0.2) is 23.1 Å². The number of carboxylic acids is 1. The number of aliphatic hydroxyl groups is 7. The molecule has 51 heavy (non-hydrogen) atoms. The number of nitrogens with one attached hydrogen (secondary N) is 2. The first-order chi connectivity index (χ1) is 24.3. The van der Waals surface area contributed by atoms with Crippen molar-refractivity contribution in [3.63, 3.8) is 0 Å². The third-order valence-corrected chi connectivity index (χ3v) is 8.97. The lowest BCUT2D eigenvalue weighted by Gasteiger charge is -2.46. The average Bonchev–Trinajstić information content (AvgIpc) is 3.10. The lowest BCUT2D eigenvalue weighted by molar-refractivity contribution is -0.368. The normalized spacial score (nSPS) is 29.5. The smallest absolute Gasteiger partial charge is 0.336 e. The van der Waals surface area contributed by atoms with E-state index in [-0.39, 0.29) is 44.4 Å². The van der Waals surface area contributed by atoms with Crippen LogP contribution >= 0.6 is 12.2 Å². The number of fused-ring (bicyclic) bond motifs is 2. The molecule has 2 aromatic carbocycles. The maximum absolute atomic E-state index is 12.6. The van der Waals surface area contributed by atoms with Crippen molar-refractivity contribution in [3.8, 4) is 28.2 Å². The Kier molecular flexibility index (Phi) is 10.5. The van der Waals surface area contributed by atoms with Crippen molar-refractivity contribution in [3.05, 3.63) is 70.4 Å². The van der Waals surface area contributed by atoms with E-state index in [1.165, 1.54) is 48.5 Å². The molecule has 4 aliphatic rings. The topological polar surface area (TPSA) is 281 Å². The highest BCUT2D eigenvalue weighted by Crippen LogP contribution is 2.42. The van der Waals surface area contributed by atoms with E-state index < -0.39 is 80.5 Å². The van der Waals surface area contributed by atoms with Crippen molar-refractivity contribution in [1.29, 1.82) is 0 Å². The molecule has 0 saturated carbocycles. The van der Waals surface area contributed by atoms with Gasteiger partial charge in [-0.1, -0.05) is 6.07 Å². The first kappa shape index (κ1) is 36.5. The van der Waals surface area contributed by atoms with E-state index in [1.54, 1.807) is 6.07 Å². The van der Waals surface area contributed by atoms with E-state index in [2.05, 4.69) is 10.6 Å². The zero-order valence-corrected chi connectivity index (χ0v) is 27.1. The van der Waals surface area contributed by atoms with Gasteiger partial charge in [0.05, 0.1) is 24.8 Å². The maximum atomic E-state index is 12.6. The molecular weight excluding hydrogens is 696 g/mol. The van der Waals surface area contributed by atoms with Gasteiger partial charge in [0.2, 0.25) is 0 Å². The fraction of sp³-hybridized carbons (Fsp3) is 0.364. The molecule has 6 rings (SSSR count). The van der Waals surface area contributed by atoms with Gasteiger partial charge in [-0.25, -0.2) is 4.79 Å². The van der Waals surface area contributed by atoms with Crippen molar-refractivity contribution in [1.82, 2.24) is 5.32 Å². The second-order valence-corrected chi connectivity index (χ2v) is 12.5. The number of aromatic carboxylic acids is 1. The molecular formula is C33H34N2O15S. The molecule has 18 heteroatoms. The Morgan fingerprint density at radius 1 is 0.804 bits per heavy atom. The van der Waals surface area contributed by atoms with Gasteiger partial charge in [0.1, 0.15) is 59.8 Å². The Labute approximate surface area is 292 Å². The van der Waals surface area contributed by atoms with E-state index in [9.17, 15) is 55.5 Å². The van der Waals surface area contributed by atoms with E-state index in [0.717, 1.165) is 0 Å². The number of carboxylic acid groups (broad SMARTS) is 1. The second-order valence-electron chi connectivity index (χ2n) is 12.0. The summed E-state index contributed by atoms with van der Waals surface area (Å²) in [6.45, 7) is -1.50. The minimum absolute atomic E-state index is 0.106. The average molecular weight is 731 g/mol. The van der Waals surface area contributed by atoms with Crippen LogP contribution in [-0.4, -0.2) is 132 Å². The molecule has 11 N–H and O–H groups in total. The molecule has 3 heterocycles. The van der Waals surface area contributed by atoms with E-state index in [0.29, 0.717) is 16.5 Å². The standard InChI is InChI=1S/C33H34N2O15S/c36-10-21-25(40)24(27(42)31(48-21)50-32-29(44)28(43)26(41)22(11-37)49-32)35-33(51)34-12-1-4-15(18(7-12)30(45)46)23-16-5-2-13(38)8-19(16)47-20-9-14(39)3-6-17(20)23/h1-9,21-22,24-29,31-32,36-38,40-44H,10-11H2,(H,45,46)(H2,34,35,51)/t21-,22-,24+,25-,26-,27-,28+,29-,31-,32-/m1/s1. The summed E-state index contributed by atoms with van der Waals surface area (Å²) in [5, 5.41) is 97.9. The fourth-order valence-electron chi connectivity index (χ4n) is 6.17. The zero-order valence-electron chi connectivity index (χ0n) is 26.3. The predicted molar refractivity (Wildman–Crippen MR) is 179 cm³/mol. The van der Waals surface area contributed by atoms with Gasteiger partial charge in [-0.05, 0) is 54.2 Å². The Hall–Kier alpha value is -4.31. The van der Waals surface area contributed by atoms with Crippen LogP contribution in [0.4, 0.5) is 5.69 Å². The van der Waals surface area contributed by atoms with Crippen LogP contribution in [0.1, 0.15) is 10.4 Å². The number of hydrogen-bond acceptors (Lipinski definition) is 15. The second kappa shape index (κ2) is 14.7. The lowest BCUT2D eigenvalue weighted by atomic mass is 9.90. The highest BCUT2D eigenvalue weighted by Gasteiger charge is 2.50. The van der Waals surface area contributed by atoms with Crippen molar-refractivity contribution in [2.24, 2.45) is 0 Å². The number of phenolic OH excluding ortho intramolecular Hbond substituents is 1. The predicted octanol–water partition coefficient (Wildman–Crippen LogP) is -1.12. The van der Waals surface area contributed by atoms with Crippen LogP contribution in [0.15, 0.2) is 63.8 Å². The first-order valence-electron chi connectivity index (χ1n) is 15.5. The highest BCUT2D eigenvalue weighted by atomic mass is 32.1. The van der Waals surface area contributed by atoms with Gasteiger partial charge < -0.3 is 75.2 Å². The molecule has 0 aromatic heterocycles. The number of ether oxygens (including phenoxy) is 3. The number of aromatic hydroxyl groups is 1. The van der Waals surface area contributed by atoms with Crippen LogP contribution in [-0.2, 0) is 14.2 Å². The molecule has 0 radical (unpaired) electrons. The summed E-state index contributed by atoms with van der Waals surface area (Å²) >= 11 is 5.41. The molecule has 10 atom stereocenters. The summed E-state index contributed by atoms with van der Waals surface area (Å²) in [6.07, 6.45) is -14.7. The van der Waals surface area contributed by atoms with Gasteiger partial charge in [0, 0.05) is 34.3 Å². The van der Waals surface area contributed by atoms with Crippen molar-refractivity contribution in [2.75, 3.05) is 18.5 Å². The summed E-state index contributed by atoms with van der Waals surface area (Å²) in [4.78, 5) is 24.7. The molecule has 2 aromatic rings. The van der Waals surface area contributed by atoms with Crippen molar-refractivity contribution in [2.45, 2.75) is 61.3 Å². The van der Waals surface area contributed by atoms with E-state index >= 15 is 0 Å². The molecule has 1 aliphatic carbocycles. The quantitative estimate of drug-likeness (QED) is 0.0756. The summed E-state index contributed by atoms with van der Waals surface area (Å²) in [7, 11) is 0. The Bertz CT molecular complexity index is 1960. The highest BCUT2D eigenvalue weighted by molar-refractivity contribution is 7.80. The largest absolute Gasteiger partial charge is 0.508 e. The Morgan fingerprint density at radius 2 is 1.47 bits per heavy atom. The van der Waals surface area contributed by atoms with Crippen LogP contribution in [0.5, 0.6) is 5.75 Å².